The van der Waals surface area contributed by atoms with Crippen molar-refractivity contribution in [2.45, 2.75) is 461 Å². The lowest BCUT2D eigenvalue weighted by Gasteiger charge is -2.40. The Morgan fingerprint density at radius 3 is 0.913 bits per heavy atom. The summed E-state index contributed by atoms with van der Waals surface area (Å²) >= 11 is 0. The lowest BCUT2D eigenvalue weighted by atomic mass is 9.99. The Balaban J connectivity index is 2.08. The van der Waals surface area contributed by atoms with Crippen molar-refractivity contribution in [2.75, 3.05) is 13.2 Å². The van der Waals surface area contributed by atoms with Crippen LogP contribution in [0.1, 0.15) is 418 Å². The molecule has 1 saturated heterocycles. The van der Waals surface area contributed by atoms with Gasteiger partial charge >= 0.3 is 0 Å². The number of ether oxygens (including phenoxy) is 2. The fourth-order valence-electron chi connectivity index (χ4n) is 13.3. The zero-order valence-corrected chi connectivity index (χ0v) is 61.1. The molecule has 0 aromatic heterocycles. The Labute approximate surface area is 571 Å². The molecule has 0 aromatic carbocycles. The van der Waals surface area contributed by atoms with Crippen LogP contribution in [0.2, 0.25) is 0 Å². The molecular weight excluding hydrogens is 1140 g/mol. The van der Waals surface area contributed by atoms with Gasteiger partial charge in [-0.25, -0.2) is 0 Å². The maximum atomic E-state index is 13.2. The molecular formula is C83H157NO8. The number of unbranched alkanes of at least 4 members (excludes halogenated alkanes) is 57. The van der Waals surface area contributed by atoms with E-state index in [1.54, 1.807) is 6.08 Å². The minimum absolute atomic E-state index is 0.182. The molecule has 9 heteroatoms. The van der Waals surface area contributed by atoms with E-state index in [-0.39, 0.29) is 12.5 Å². The van der Waals surface area contributed by atoms with Gasteiger partial charge in [0, 0.05) is 6.42 Å². The molecule has 1 rings (SSSR count). The third kappa shape index (κ3) is 59.4. The van der Waals surface area contributed by atoms with E-state index in [1.165, 1.54) is 353 Å². The normalized spacial score (nSPS) is 17.8. The van der Waals surface area contributed by atoms with Crippen molar-refractivity contribution in [3.05, 3.63) is 48.6 Å². The SMILES string of the molecule is CCCCCCCCCC/C=C\CCCCCCCCCCCCCCCCCCCCCCCCCCCC(=O)NC(COC1OC(CO)C(O)C(O)C1O)C(O)/C=C/CC/C=C/CC/C=C/CCCCCCCCCCCCCCCCCCCCCCCC. The molecule has 1 fully saturated rings. The van der Waals surface area contributed by atoms with Gasteiger partial charge in [0.2, 0.25) is 5.91 Å². The number of carbonyl (C=O) groups is 1. The molecule has 0 saturated carbocycles. The van der Waals surface area contributed by atoms with E-state index in [9.17, 15) is 30.3 Å². The lowest BCUT2D eigenvalue weighted by Crippen LogP contribution is -2.60. The van der Waals surface area contributed by atoms with Crippen LogP contribution in [-0.2, 0) is 14.3 Å². The molecule has 0 spiro atoms. The van der Waals surface area contributed by atoms with Gasteiger partial charge in [-0.05, 0) is 70.6 Å². The van der Waals surface area contributed by atoms with E-state index in [2.05, 4.69) is 55.6 Å². The average molecular weight is 1300 g/mol. The number of hydrogen-bond acceptors (Lipinski definition) is 8. The van der Waals surface area contributed by atoms with Gasteiger partial charge in [0.25, 0.3) is 0 Å². The zero-order valence-electron chi connectivity index (χ0n) is 61.1. The number of aliphatic hydroxyl groups excluding tert-OH is 5. The summed E-state index contributed by atoms with van der Waals surface area (Å²) in [6, 6.07) is -0.830. The number of nitrogens with one attached hydrogen (secondary N) is 1. The minimum atomic E-state index is -1.58. The highest BCUT2D eigenvalue weighted by Crippen LogP contribution is 2.24. The molecule has 6 N–H and O–H groups in total. The molecule has 1 aliphatic heterocycles. The topological polar surface area (TPSA) is 149 Å². The molecule has 0 bridgehead atoms. The van der Waals surface area contributed by atoms with Crippen LogP contribution in [0.5, 0.6) is 0 Å². The molecule has 1 amide bonds. The number of aliphatic hydroxyl groups is 5. The summed E-state index contributed by atoms with van der Waals surface area (Å²) in [6.07, 6.45) is 92.8. The van der Waals surface area contributed by atoms with Gasteiger partial charge in [-0.2, -0.15) is 0 Å². The zero-order chi connectivity index (χ0) is 66.4. The Kier molecular flexibility index (Phi) is 68.9. The van der Waals surface area contributed by atoms with E-state index in [0.29, 0.717) is 6.42 Å². The fourth-order valence-corrected chi connectivity index (χ4v) is 13.3. The van der Waals surface area contributed by atoms with E-state index in [0.717, 1.165) is 44.9 Å². The van der Waals surface area contributed by atoms with Crippen LogP contribution in [0.3, 0.4) is 0 Å². The highest BCUT2D eigenvalue weighted by Gasteiger charge is 2.44. The highest BCUT2D eigenvalue weighted by molar-refractivity contribution is 5.76. The monoisotopic (exact) mass is 1300 g/mol. The third-order valence-electron chi connectivity index (χ3n) is 19.6. The van der Waals surface area contributed by atoms with Crippen molar-refractivity contribution in [1.82, 2.24) is 5.32 Å². The van der Waals surface area contributed by atoms with Crippen molar-refractivity contribution in [1.29, 1.82) is 0 Å². The Morgan fingerprint density at radius 1 is 0.359 bits per heavy atom. The van der Waals surface area contributed by atoms with Gasteiger partial charge in [0.1, 0.15) is 24.4 Å². The predicted octanol–water partition coefficient (Wildman–Crippen LogP) is 23.5. The summed E-state index contributed by atoms with van der Waals surface area (Å²) < 4.78 is 11.3. The van der Waals surface area contributed by atoms with Crippen molar-refractivity contribution in [2.24, 2.45) is 0 Å². The molecule has 1 aliphatic rings. The van der Waals surface area contributed by atoms with Crippen LogP contribution >= 0.6 is 0 Å². The largest absolute Gasteiger partial charge is 0.394 e. The molecule has 0 radical (unpaired) electrons. The maximum absolute atomic E-state index is 13.2. The maximum Gasteiger partial charge on any atom is 0.220 e. The number of allylic oxidation sites excluding steroid dienone is 7. The molecule has 0 aromatic rings. The fraction of sp³-hybridized carbons (Fsp3) is 0.892. The predicted molar refractivity (Wildman–Crippen MR) is 396 cm³/mol. The Morgan fingerprint density at radius 2 is 0.620 bits per heavy atom. The summed E-state index contributed by atoms with van der Waals surface area (Å²) in [6.45, 7) is 3.82. The summed E-state index contributed by atoms with van der Waals surface area (Å²) in [4.78, 5) is 13.2. The van der Waals surface area contributed by atoms with Crippen LogP contribution in [0.4, 0.5) is 0 Å². The third-order valence-corrected chi connectivity index (χ3v) is 19.6. The minimum Gasteiger partial charge on any atom is -0.394 e. The van der Waals surface area contributed by atoms with Crippen molar-refractivity contribution in [3.8, 4) is 0 Å². The van der Waals surface area contributed by atoms with E-state index >= 15 is 0 Å². The Bertz CT molecular complexity index is 1600. The number of amides is 1. The molecule has 9 nitrogen and oxygen atoms in total. The van der Waals surface area contributed by atoms with Crippen LogP contribution in [-0.4, -0.2) is 87.5 Å². The van der Waals surface area contributed by atoms with Gasteiger partial charge in [0.15, 0.2) is 6.29 Å². The summed E-state index contributed by atoms with van der Waals surface area (Å²) in [5, 5.41) is 54.9. The van der Waals surface area contributed by atoms with Gasteiger partial charge in [-0.15, -0.1) is 0 Å². The summed E-state index contributed by atoms with van der Waals surface area (Å²) in [5.41, 5.74) is 0. The van der Waals surface area contributed by atoms with Crippen molar-refractivity contribution >= 4 is 5.91 Å². The van der Waals surface area contributed by atoms with Crippen molar-refractivity contribution < 1.29 is 39.8 Å². The van der Waals surface area contributed by atoms with Crippen LogP contribution in [0.25, 0.3) is 0 Å². The second kappa shape index (κ2) is 71.9. The smallest absolute Gasteiger partial charge is 0.220 e. The van der Waals surface area contributed by atoms with Crippen LogP contribution < -0.4 is 5.32 Å². The van der Waals surface area contributed by atoms with Gasteiger partial charge in [-0.1, -0.05) is 390 Å². The summed E-state index contributed by atoms with van der Waals surface area (Å²) in [7, 11) is 0. The molecule has 7 atom stereocenters. The summed E-state index contributed by atoms with van der Waals surface area (Å²) in [5.74, 6) is -0.182. The standard InChI is InChI=1S/C83H157NO8/c1-3-5-7-9-11-13-15-17-19-21-23-25-27-29-31-33-35-37-38-39-40-41-43-45-47-49-51-53-55-57-59-61-63-65-67-69-71-73-79(87)84-76(75-91-83-82(90)81(89)80(88)78(74-85)92-83)77(86)72-70-68-66-64-62-60-58-56-54-52-50-48-46-44-42-36-34-32-30-28-26-24-22-20-18-16-14-12-10-8-6-4-2/h21,23,54,56,62,64,70,72,76-78,80-83,85-86,88-90H,3-20,22,24-53,55,57-61,63,65-69,71,73-75H2,1-2H3,(H,84,87)/b23-21-,56-54+,64-62+,72-70+. The second-order valence-corrected chi connectivity index (χ2v) is 28.5. The first-order valence-electron chi connectivity index (χ1n) is 40.9. The van der Waals surface area contributed by atoms with Gasteiger partial charge in [-0.3, -0.25) is 4.79 Å². The lowest BCUT2D eigenvalue weighted by molar-refractivity contribution is -0.302. The number of carbonyl (C=O) groups excluding carboxylic acids is 1. The number of rotatable bonds is 73. The van der Waals surface area contributed by atoms with Gasteiger partial charge < -0.3 is 40.3 Å². The second-order valence-electron chi connectivity index (χ2n) is 28.5. The van der Waals surface area contributed by atoms with Crippen LogP contribution in [0.15, 0.2) is 48.6 Å². The Hall–Kier alpha value is -1.85. The quantitative estimate of drug-likeness (QED) is 0.0261. The van der Waals surface area contributed by atoms with E-state index in [1.807, 2.05) is 6.08 Å². The average Bonchev–Trinajstić information content (AvgIpc) is 1.00. The van der Waals surface area contributed by atoms with Crippen LogP contribution in [0, 0.1) is 0 Å². The highest BCUT2D eigenvalue weighted by atomic mass is 16.7. The first kappa shape index (κ1) is 88.2. The van der Waals surface area contributed by atoms with E-state index in [4.69, 9.17) is 9.47 Å². The first-order valence-corrected chi connectivity index (χ1v) is 40.9. The molecule has 92 heavy (non-hydrogen) atoms. The van der Waals surface area contributed by atoms with Crippen molar-refractivity contribution in [3.63, 3.8) is 0 Å². The molecule has 542 valence electrons. The molecule has 1 heterocycles. The molecule has 7 unspecified atom stereocenters. The van der Waals surface area contributed by atoms with E-state index < -0.39 is 49.5 Å². The molecule has 0 aliphatic carbocycles. The van der Waals surface area contributed by atoms with Gasteiger partial charge in [0.05, 0.1) is 25.4 Å². The number of hydrogen-bond donors (Lipinski definition) is 6. The first-order chi connectivity index (χ1) is 45.3.